The predicted molar refractivity (Wildman–Crippen MR) is 87.5 cm³/mol. The number of carbonyl (C=O) groups is 2. The Bertz CT molecular complexity index is 381. The molecule has 1 unspecified atom stereocenters. The van der Waals surface area contributed by atoms with Crippen LogP contribution < -0.4 is 10.6 Å². The van der Waals surface area contributed by atoms with E-state index in [1.54, 1.807) is 0 Å². The average Bonchev–Trinajstić information content (AvgIpc) is 2.57. The van der Waals surface area contributed by atoms with Crippen LogP contribution in [0.5, 0.6) is 0 Å². The molecule has 0 aromatic heterocycles. The number of amides is 2. The van der Waals surface area contributed by atoms with Crippen molar-refractivity contribution in [3.05, 3.63) is 0 Å². The molecule has 1 atom stereocenters. The van der Waals surface area contributed by atoms with E-state index in [0.29, 0.717) is 13.1 Å². The second-order valence-electron chi connectivity index (χ2n) is 6.65. The normalized spacial score (nSPS) is 24.5. The third-order valence-corrected chi connectivity index (χ3v) is 5.20. The van der Waals surface area contributed by atoms with E-state index in [4.69, 9.17) is 0 Å². The first-order chi connectivity index (χ1) is 10.6. The molecule has 0 aromatic carbocycles. The maximum Gasteiger partial charge on any atom is 0.248 e. The number of hydrogen-bond donors (Lipinski definition) is 2. The molecule has 0 bridgehead atoms. The Morgan fingerprint density at radius 1 is 1.14 bits per heavy atom. The van der Waals surface area contributed by atoms with Crippen LogP contribution in [0.2, 0.25) is 0 Å². The smallest absolute Gasteiger partial charge is 0.248 e. The maximum atomic E-state index is 13.0. The van der Waals surface area contributed by atoms with Crippen LogP contribution in [0.3, 0.4) is 0 Å². The Kier molecular flexibility index (Phi) is 6.24. The zero-order valence-electron chi connectivity index (χ0n) is 14.1. The van der Waals surface area contributed by atoms with Gasteiger partial charge in [0, 0.05) is 19.6 Å². The van der Waals surface area contributed by atoms with Gasteiger partial charge in [-0.2, -0.15) is 0 Å². The van der Waals surface area contributed by atoms with Gasteiger partial charge in [-0.1, -0.05) is 19.3 Å². The van der Waals surface area contributed by atoms with Crippen molar-refractivity contribution in [3.63, 3.8) is 0 Å². The average molecular weight is 309 g/mol. The zero-order valence-corrected chi connectivity index (χ0v) is 14.1. The van der Waals surface area contributed by atoms with E-state index < -0.39 is 5.54 Å². The van der Waals surface area contributed by atoms with Crippen molar-refractivity contribution in [3.8, 4) is 0 Å². The summed E-state index contributed by atoms with van der Waals surface area (Å²) in [7, 11) is 0. The number of rotatable bonds is 5. The summed E-state index contributed by atoms with van der Waals surface area (Å²) in [5, 5.41) is 6.46. The molecule has 126 valence electrons. The van der Waals surface area contributed by atoms with Crippen molar-refractivity contribution in [2.75, 3.05) is 26.2 Å². The lowest BCUT2D eigenvalue weighted by Crippen LogP contribution is -2.62. The Hall–Kier alpha value is -1.10. The van der Waals surface area contributed by atoms with Crippen molar-refractivity contribution >= 4 is 11.8 Å². The van der Waals surface area contributed by atoms with E-state index >= 15 is 0 Å². The van der Waals surface area contributed by atoms with Crippen molar-refractivity contribution in [2.45, 2.75) is 64.3 Å². The van der Waals surface area contributed by atoms with Gasteiger partial charge in [-0.3, -0.25) is 9.59 Å². The van der Waals surface area contributed by atoms with Crippen molar-refractivity contribution in [2.24, 2.45) is 5.92 Å². The van der Waals surface area contributed by atoms with Gasteiger partial charge in [0.1, 0.15) is 5.54 Å². The quantitative estimate of drug-likeness (QED) is 0.812. The Balaban J connectivity index is 2.10. The standard InChI is InChI=1S/C17H31N3O2/c1-3-20(4-2)16(22)17(10-6-5-7-11-17)19-15(21)14-9-8-12-18-13-14/h14,18H,3-13H2,1-2H3,(H,19,21). The largest absolute Gasteiger partial charge is 0.341 e. The number of likely N-dealkylation sites (N-methyl/N-ethyl adjacent to an activating group) is 1. The van der Waals surface area contributed by atoms with Crippen LogP contribution in [0.25, 0.3) is 0 Å². The summed E-state index contributed by atoms with van der Waals surface area (Å²) in [6.07, 6.45) is 6.74. The van der Waals surface area contributed by atoms with Gasteiger partial charge in [-0.15, -0.1) is 0 Å². The lowest BCUT2D eigenvalue weighted by atomic mass is 9.79. The molecule has 0 aromatic rings. The predicted octanol–water partition coefficient (Wildman–Crippen LogP) is 1.67. The van der Waals surface area contributed by atoms with E-state index in [0.717, 1.165) is 58.0 Å². The van der Waals surface area contributed by atoms with Gasteiger partial charge >= 0.3 is 0 Å². The molecule has 2 fully saturated rings. The molecular weight excluding hydrogens is 278 g/mol. The van der Waals surface area contributed by atoms with Crippen LogP contribution in [0, 0.1) is 5.92 Å². The number of nitrogens with zero attached hydrogens (tertiary/aromatic N) is 1. The van der Waals surface area contributed by atoms with Crippen LogP contribution in [-0.2, 0) is 9.59 Å². The van der Waals surface area contributed by atoms with E-state index in [1.807, 2.05) is 18.7 Å². The third kappa shape index (κ3) is 3.80. The molecular formula is C17H31N3O2. The summed E-state index contributed by atoms with van der Waals surface area (Å²) >= 11 is 0. The molecule has 22 heavy (non-hydrogen) atoms. The molecule has 2 N–H and O–H groups in total. The van der Waals surface area contributed by atoms with Gasteiger partial charge < -0.3 is 15.5 Å². The van der Waals surface area contributed by atoms with Gasteiger partial charge in [-0.05, 0) is 46.1 Å². The SMILES string of the molecule is CCN(CC)C(=O)C1(NC(=O)C2CCCNC2)CCCCC1. The topological polar surface area (TPSA) is 61.4 Å². The molecule has 0 radical (unpaired) electrons. The molecule has 2 aliphatic rings. The minimum atomic E-state index is -0.654. The van der Waals surface area contributed by atoms with Crippen LogP contribution in [0.15, 0.2) is 0 Å². The summed E-state index contributed by atoms with van der Waals surface area (Å²) in [5.41, 5.74) is -0.654. The highest BCUT2D eigenvalue weighted by Crippen LogP contribution is 2.31. The molecule has 1 saturated heterocycles. The molecule has 5 nitrogen and oxygen atoms in total. The molecule has 1 heterocycles. The fourth-order valence-corrected chi connectivity index (χ4v) is 3.77. The molecule has 5 heteroatoms. The highest BCUT2D eigenvalue weighted by Gasteiger charge is 2.43. The fraction of sp³-hybridized carbons (Fsp3) is 0.882. The van der Waals surface area contributed by atoms with Gasteiger partial charge in [-0.25, -0.2) is 0 Å². The molecule has 2 amide bonds. The summed E-state index contributed by atoms with van der Waals surface area (Å²) in [6, 6.07) is 0. The maximum absolute atomic E-state index is 13.0. The Morgan fingerprint density at radius 2 is 1.82 bits per heavy atom. The summed E-state index contributed by atoms with van der Waals surface area (Å²) in [6.45, 7) is 7.15. The lowest BCUT2D eigenvalue weighted by Gasteiger charge is -2.41. The zero-order chi connectivity index (χ0) is 16.0. The second kappa shape index (κ2) is 7.95. The van der Waals surface area contributed by atoms with Crippen LogP contribution in [0.4, 0.5) is 0 Å². The van der Waals surface area contributed by atoms with E-state index in [2.05, 4.69) is 10.6 Å². The highest BCUT2D eigenvalue weighted by atomic mass is 16.2. The fourth-order valence-electron chi connectivity index (χ4n) is 3.77. The summed E-state index contributed by atoms with van der Waals surface area (Å²) in [4.78, 5) is 27.5. The molecule has 1 aliphatic carbocycles. The molecule has 1 aliphatic heterocycles. The summed E-state index contributed by atoms with van der Waals surface area (Å²) < 4.78 is 0. The Labute approximate surface area is 134 Å². The first-order valence-electron chi connectivity index (χ1n) is 8.95. The Morgan fingerprint density at radius 3 is 2.36 bits per heavy atom. The number of piperidine rings is 1. The highest BCUT2D eigenvalue weighted by molar-refractivity contribution is 5.92. The van der Waals surface area contributed by atoms with Gasteiger partial charge in [0.2, 0.25) is 11.8 Å². The lowest BCUT2D eigenvalue weighted by molar-refractivity contribution is -0.144. The minimum Gasteiger partial charge on any atom is -0.341 e. The number of hydrogen-bond acceptors (Lipinski definition) is 3. The monoisotopic (exact) mass is 309 g/mol. The van der Waals surface area contributed by atoms with Crippen molar-refractivity contribution < 1.29 is 9.59 Å². The summed E-state index contributed by atoms with van der Waals surface area (Å²) in [5.74, 6) is 0.195. The van der Waals surface area contributed by atoms with Gasteiger partial charge in [0.05, 0.1) is 5.92 Å². The first-order valence-corrected chi connectivity index (χ1v) is 8.95. The van der Waals surface area contributed by atoms with Crippen LogP contribution >= 0.6 is 0 Å². The van der Waals surface area contributed by atoms with Crippen LogP contribution in [-0.4, -0.2) is 48.4 Å². The van der Waals surface area contributed by atoms with Crippen LogP contribution in [0.1, 0.15) is 58.8 Å². The van der Waals surface area contributed by atoms with Crippen molar-refractivity contribution in [1.29, 1.82) is 0 Å². The van der Waals surface area contributed by atoms with E-state index in [1.165, 1.54) is 0 Å². The molecule has 2 rings (SSSR count). The molecule has 1 saturated carbocycles. The minimum absolute atomic E-state index is 0.0112. The number of carbonyl (C=O) groups excluding carboxylic acids is 2. The van der Waals surface area contributed by atoms with E-state index in [-0.39, 0.29) is 17.7 Å². The number of nitrogens with one attached hydrogen (secondary N) is 2. The second-order valence-corrected chi connectivity index (χ2v) is 6.65. The van der Waals surface area contributed by atoms with Gasteiger partial charge in [0.25, 0.3) is 0 Å². The van der Waals surface area contributed by atoms with E-state index in [9.17, 15) is 9.59 Å². The molecule has 0 spiro atoms. The van der Waals surface area contributed by atoms with Crippen molar-refractivity contribution in [1.82, 2.24) is 15.5 Å². The van der Waals surface area contributed by atoms with Gasteiger partial charge in [0.15, 0.2) is 0 Å². The first kappa shape index (κ1) is 17.3. The third-order valence-electron chi connectivity index (χ3n) is 5.20.